The lowest BCUT2D eigenvalue weighted by Crippen LogP contribution is -1.93. The Kier molecular flexibility index (Phi) is 6.29. The molecule has 0 fully saturated rings. The number of nitrogens with zero attached hydrogens (tertiary/aromatic N) is 1. The van der Waals surface area contributed by atoms with Crippen molar-refractivity contribution in [1.82, 2.24) is 0 Å². The molecule has 0 aromatic heterocycles. The largest absolute Gasteiger partial charge is 0.493 e. The number of methoxy groups -OCH3 is 2. The summed E-state index contributed by atoms with van der Waals surface area (Å²) in [6.45, 7) is 0. The van der Waals surface area contributed by atoms with Gasteiger partial charge in [0.05, 0.1) is 19.2 Å². The van der Waals surface area contributed by atoms with E-state index in [9.17, 15) is 4.79 Å². The third kappa shape index (κ3) is 4.44. The Morgan fingerprint density at radius 2 is 1.96 bits per heavy atom. The second-order valence-electron chi connectivity index (χ2n) is 5.31. The molecule has 0 aliphatic carbocycles. The fraction of sp³-hybridized carbons (Fsp3) is 0.158. The second kappa shape index (κ2) is 8.66. The maximum Gasteiger partial charge on any atom is 0.244 e. The smallest absolute Gasteiger partial charge is 0.244 e. The van der Waals surface area contributed by atoms with E-state index in [1.165, 1.54) is 19.8 Å². The molecule has 1 aliphatic rings. The quantitative estimate of drug-likeness (QED) is 0.635. The maximum atomic E-state index is 12.2. The van der Waals surface area contributed by atoms with E-state index in [-0.39, 0.29) is 5.12 Å². The van der Waals surface area contributed by atoms with Gasteiger partial charge in [0, 0.05) is 5.75 Å². The first-order valence-corrected chi connectivity index (χ1v) is 9.89. The van der Waals surface area contributed by atoms with Crippen LogP contribution in [0.5, 0.6) is 11.5 Å². The van der Waals surface area contributed by atoms with Crippen LogP contribution < -0.4 is 9.47 Å². The van der Waals surface area contributed by atoms with Crippen LogP contribution >= 0.6 is 35.1 Å². The molecule has 0 N–H and O–H groups in total. The van der Waals surface area contributed by atoms with Gasteiger partial charge in [-0.1, -0.05) is 53.7 Å². The highest BCUT2D eigenvalue weighted by atomic mass is 35.5. The van der Waals surface area contributed by atoms with Crippen LogP contribution in [-0.2, 0) is 10.5 Å². The number of hydrogen-bond acceptors (Lipinski definition) is 6. The van der Waals surface area contributed by atoms with Gasteiger partial charge in [0.1, 0.15) is 10.1 Å². The van der Waals surface area contributed by atoms with Gasteiger partial charge >= 0.3 is 0 Å². The van der Waals surface area contributed by atoms with E-state index in [1.54, 1.807) is 30.0 Å². The Morgan fingerprint density at radius 1 is 1.19 bits per heavy atom. The summed E-state index contributed by atoms with van der Waals surface area (Å²) in [7, 11) is 3.07. The molecule has 0 saturated heterocycles. The second-order valence-corrected chi connectivity index (χ2v) is 7.90. The standard InChI is InChI=1S/C19H16ClNO3S2/c1-23-16-10-13(8-14(20)17(16)24-2)9-15-18(22)26-19(21-15)25-11-12-6-4-3-5-7-12/h3-10H,11H2,1-2H3. The van der Waals surface area contributed by atoms with Crippen LogP contribution in [0.3, 0.4) is 0 Å². The number of rotatable bonds is 5. The fourth-order valence-corrected chi connectivity index (χ4v) is 4.44. The van der Waals surface area contributed by atoms with E-state index in [1.807, 2.05) is 18.2 Å². The van der Waals surface area contributed by atoms with Crippen LogP contribution in [0, 0.1) is 0 Å². The Balaban J connectivity index is 1.79. The first-order chi connectivity index (χ1) is 12.6. The summed E-state index contributed by atoms with van der Waals surface area (Å²) < 4.78 is 11.3. The number of hydrogen-bond donors (Lipinski definition) is 0. The van der Waals surface area contributed by atoms with Gasteiger partial charge in [-0.05, 0) is 41.1 Å². The minimum Gasteiger partial charge on any atom is -0.493 e. The Hall–Kier alpha value is -1.89. The van der Waals surface area contributed by atoms with Gasteiger partial charge in [0.15, 0.2) is 11.5 Å². The average molecular weight is 406 g/mol. The lowest BCUT2D eigenvalue weighted by Gasteiger charge is -2.10. The van der Waals surface area contributed by atoms with Crippen molar-refractivity contribution in [1.29, 1.82) is 0 Å². The zero-order valence-corrected chi connectivity index (χ0v) is 16.6. The molecule has 4 nitrogen and oxygen atoms in total. The van der Waals surface area contributed by atoms with Crippen LogP contribution in [0.1, 0.15) is 11.1 Å². The minimum absolute atomic E-state index is 0.0773. The number of aliphatic imine (C=N–C) groups is 1. The van der Waals surface area contributed by atoms with E-state index < -0.39 is 0 Å². The number of halogens is 1. The zero-order chi connectivity index (χ0) is 18.5. The van der Waals surface area contributed by atoms with Crippen molar-refractivity contribution in [2.24, 2.45) is 4.99 Å². The predicted molar refractivity (Wildman–Crippen MR) is 110 cm³/mol. The predicted octanol–water partition coefficient (Wildman–Crippen LogP) is 5.26. The molecule has 26 heavy (non-hydrogen) atoms. The monoisotopic (exact) mass is 405 g/mol. The van der Waals surface area contributed by atoms with Crippen LogP contribution in [-0.4, -0.2) is 23.7 Å². The van der Waals surface area contributed by atoms with Gasteiger partial charge < -0.3 is 9.47 Å². The van der Waals surface area contributed by atoms with Crippen LogP contribution in [0.2, 0.25) is 5.02 Å². The Labute approximate surface area is 165 Å². The summed E-state index contributed by atoms with van der Waals surface area (Å²) in [6, 6.07) is 13.6. The van der Waals surface area contributed by atoms with Gasteiger partial charge in [-0.25, -0.2) is 4.99 Å². The van der Waals surface area contributed by atoms with E-state index in [0.717, 1.165) is 27.5 Å². The molecule has 2 aromatic carbocycles. The zero-order valence-electron chi connectivity index (χ0n) is 14.2. The summed E-state index contributed by atoms with van der Waals surface area (Å²) in [4.78, 5) is 16.7. The number of benzene rings is 2. The minimum atomic E-state index is -0.0773. The molecule has 134 valence electrons. The van der Waals surface area contributed by atoms with E-state index in [2.05, 4.69) is 17.1 Å². The molecule has 7 heteroatoms. The first kappa shape index (κ1) is 18.9. The molecule has 0 bridgehead atoms. The van der Waals surface area contributed by atoms with Gasteiger partial charge in [-0.3, -0.25) is 4.79 Å². The number of carbonyl (C=O) groups is 1. The summed E-state index contributed by atoms with van der Waals surface area (Å²) in [5, 5.41) is 0.339. The summed E-state index contributed by atoms with van der Waals surface area (Å²) in [5.41, 5.74) is 2.32. The number of thioether (sulfide) groups is 2. The normalized spacial score (nSPS) is 15.3. The van der Waals surface area contributed by atoms with Crippen molar-refractivity contribution < 1.29 is 14.3 Å². The van der Waals surface area contributed by atoms with Crippen molar-refractivity contribution in [2.45, 2.75) is 5.75 Å². The van der Waals surface area contributed by atoms with Crippen LogP contribution in [0.15, 0.2) is 53.2 Å². The van der Waals surface area contributed by atoms with Crippen molar-refractivity contribution in [2.75, 3.05) is 14.2 Å². The third-order valence-electron chi connectivity index (χ3n) is 3.57. The van der Waals surface area contributed by atoms with Gasteiger partial charge in [-0.15, -0.1) is 0 Å². The van der Waals surface area contributed by atoms with Crippen LogP contribution in [0.4, 0.5) is 0 Å². The molecule has 3 rings (SSSR count). The van der Waals surface area contributed by atoms with E-state index in [4.69, 9.17) is 21.1 Å². The van der Waals surface area contributed by atoms with Crippen molar-refractivity contribution >= 4 is 50.7 Å². The highest BCUT2D eigenvalue weighted by Gasteiger charge is 2.23. The topological polar surface area (TPSA) is 47.9 Å². The Morgan fingerprint density at radius 3 is 2.65 bits per heavy atom. The van der Waals surface area contributed by atoms with Crippen LogP contribution in [0.25, 0.3) is 6.08 Å². The highest BCUT2D eigenvalue weighted by Crippen LogP contribution is 2.38. The first-order valence-electron chi connectivity index (χ1n) is 7.71. The lowest BCUT2D eigenvalue weighted by molar-refractivity contribution is -0.107. The molecule has 1 heterocycles. The SMILES string of the molecule is COc1cc(C=C2N=C(SCc3ccccc3)SC2=O)cc(Cl)c1OC. The van der Waals surface area contributed by atoms with Gasteiger partial charge in [-0.2, -0.15) is 0 Å². The summed E-state index contributed by atoms with van der Waals surface area (Å²) >= 11 is 8.92. The molecule has 1 aliphatic heterocycles. The van der Waals surface area contributed by atoms with Gasteiger partial charge in [0.25, 0.3) is 0 Å². The molecular weight excluding hydrogens is 390 g/mol. The maximum absolute atomic E-state index is 12.2. The summed E-state index contributed by atoms with van der Waals surface area (Å²) in [5.74, 6) is 1.74. The lowest BCUT2D eigenvalue weighted by atomic mass is 10.1. The molecule has 0 amide bonds. The summed E-state index contributed by atoms with van der Waals surface area (Å²) in [6.07, 6.45) is 1.71. The third-order valence-corrected chi connectivity index (χ3v) is 5.93. The molecular formula is C19H16ClNO3S2. The van der Waals surface area contributed by atoms with Crippen molar-refractivity contribution in [3.05, 3.63) is 64.3 Å². The average Bonchev–Trinajstić information content (AvgIpc) is 3.00. The highest BCUT2D eigenvalue weighted by molar-refractivity contribution is 8.45. The van der Waals surface area contributed by atoms with Gasteiger partial charge in [0.2, 0.25) is 5.12 Å². The molecule has 0 atom stereocenters. The molecule has 2 aromatic rings. The molecule has 0 saturated carbocycles. The molecule has 0 spiro atoms. The number of ether oxygens (including phenoxy) is 2. The van der Waals surface area contributed by atoms with Crippen molar-refractivity contribution in [3.63, 3.8) is 0 Å². The Bertz CT molecular complexity index is 882. The van der Waals surface area contributed by atoms with E-state index >= 15 is 0 Å². The van der Waals surface area contributed by atoms with E-state index in [0.29, 0.717) is 22.2 Å². The molecule has 0 unspecified atom stereocenters. The number of carbonyl (C=O) groups excluding carboxylic acids is 1. The fourth-order valence-electron chi connectivity index (χ4n) is 2.35. The van der Waals surface area contributed by atoms with Crippen molar-refractivity contribution in [3.8, 4) is 11.5 Å². The molecule has 0 radical (unpaired) electrons.